The lowest BCUT2D eigenvalue weighted by Gasteiger charge is -2.13. The maximum atomic E-state index is 12.3. The second-order valence-electron chi connectivity index (χ2n) is 6.62. The van der Waals surface area contributed by atoms with Gasteiger partial charge in [-0.3, -0.25) is 4.79 Å². The highest BCUT2D eigenvalue weighted by Crippen LogP contribution is 2.20. The third-order valence-corrected chi connectivity index (χ3v) is 4.58. The van der Waals surface area contributed by atoms with E-state index in [4.69, 9.17) is 0 Å². The second-order valence-corrected chi connectivity index (χ2v) is 6.62. The van der Waals surface area contributed by atoms with E-state index in [0.717, 1.165) is 13.0 Å². The Bertz CT molecular complexity index is 862. The summed E-state index contributed by atoms with van der Waals surface area (Å²) in [6.45, 7) is 0.798. The van der Waals surface area contributed by atoms with E-state index < -0.39 is 11.9 Å². The van der Waals surface area contributed by atoms with Gasteiger partial charge < -0.3 is 15.4 Å². The lowest BCUT2D eigenvalue weighted by molar-refractivity contribution is 0.0600. The molecule has 1 aliphatic rings. The van der Waals surface area contributed by atoms with Crippen molar-refractivity contribution in [1.29, 1.82) is 0 Å². The van der Waals surface area contributed by atoms with Crippen LogP contribution in [0.4, 0.5) is 11.5 Å². The minimum absolute atomic E-state index is 0.198. The number of rotatable bonds is 7. The maximum Gasteiger partial charge on any atom is 0.337 e. The number of carbonyl (C=O) groups excluding carboxylic acids is 2. The number of esters is 1. The first-order valence-electron chi connectivity index (χ1n) is 9.41. The summed E-state index contributed by atoms with van der Waals surface area (Å²) in [6, 6.07) is 9.88. The monoisotopic (exact) mass is 380 g/mol. The molecule has 7 heteroatoms. The Morgan fingerprint density at radius 2 is 2.04 bits per heavy atom. The molecular formula is C21H24N4O3. The normalized spacial score (nSPS) is 13.4. The number of aromatic nitrogens is 2. The topological polar surface area (TPSA) is 93.2 Å². The number of nitrogens with one attached hydrogen (secondary N) is 2. The van der Waals surface area contributed by atoms with Crippen LogP contribution in [0, 0.1) is 0 Å². The average molecular weight is 380 g/mol. The zero-order valence-electron chi connectivity index (χ0n) is 15.9. The summed E-state index contributed by atoms with van der Waals surface area (Å²) in [7, 11) is 1.31. The number of nitrogens with zero attached hydrogens (tertiary/aromatic N) is 2. The fourth-order valence-corrected chi connectivity index (χ4v) is 3.07. The first-order chi connectivity index (χ1) is 13.7. The van der Waals surface area contributed by atoms with Crippen LogP contribution in [-0.2, 0) is 4.74 Å². The molecular weight excluding hydrogens is 356 g/mol. The van der Waals surface area contributed by atoms with Crippen LogP contribution in [0.25, 0.3) is 0 Å². The summed E-state index contributed by atoms with van der Waals surface area (Å²) in [5.74, 6) is -0.218. The van der Waals surface area contributed by atoms with Crippen LogP contribution < -0.4 is 10.6 Å². The molecule has 1 aromatic carbocycles. The molecule has 7 nitrogen and oxygen atoms in total. The van der Waals surface area contributed by atoms with Gasteiger partial charge in [0.1, 0.15) is 5.82 Å². The van der Waals surface area contributed by atoms with Gasteiger partial charge in [-0.25, -0.2) is 4.79 Å². The van der Waals surface area contributed by atoms with Crippen molar-refractivity contribution in [2.75, 3.05) is 24.3 Å². The van der Waals surface area contributed by atoms with Crippen molar-refractivity contribution in [2.24, 2.45) is 0 Å². The molecule has 0 spiro atoms. The summed E-state index contributed by atoms with van der Waals surface area (Å²) in [5.41, 5.74) is 2.54. The molecule has 28 heavy (non-hydrogen) atoms. The Kier molecular flexibility index (Phi) is 6.73. The van der Waals surface area contributed by atoms with Gasteiger partial charge in [0, 0.05) is 12.2 Å². The van der Waals surface area contributed by atoms with E-state index in [2.05, 4.69) is 31.6 Å². The van der Waals surface area contributed by atoms with Crippen LogP contribution in [0.1, 0.15) is 53.0 Å². The SMILES string of the molecule is COC(=O)c1cccc(NC(=O)c2ccc(NCCC3=CCCCC3)nn2)c1. The molecule has 0 saturated heterocycles. The van der Waals surface area contributed by atoms with Gasteiger partial charge in [-0.05, 0) is 62.4 Å². The summed E-state index contributed by atoms with van der Waals surface area (Å²) in [6.07, 6.45) is 8.27. The van der Waals surface area contributed by atoms with Crippen molar-refractivity contribution < 1.29 is 14.3 Å². The Balaban J connectivity index is 1.53. The van der Waals surface area contributed by atoms with Gasteiger partial charge in [0.05, 0.1) is 12.7 Å². The molecule has 1 amide bonds. The molecule has 1 heterocycles. The first kappa shape index (κ1) is 19.5. The van der Waals surface area contributed by atoms with E-state index in [1.165, 1.54) is 38.4 Å². The number of methoxy groups -OCH3 is 1. The highest BCUT2D eigenvalue weighted by Gasteiger charge is 2.11. The molecule has 2 N–H and O–H groups in total. The number of amides is 1. The van der Waals surface area contributed by atoms with Crippen molar-refractivity contribution in [3.63, 3.8) is 0 Å². The van der Waals surface area contributed by atoms with Crippen molar-refractivity contribution in [3.8, 4) is 0 Å². The van der Waals surface area contributed by atoms with Gasteiger partial charge in [0.15, 0.2) is 5.69 Å². The first-order valence-corrected chi connectivity index (χ1v) is 9.41. The van der Waals surface area contributed by atoms with Crippen LogP contribution in [-0.4, -0.2) is 35.7 Å². The lowest BCUT2D eigenvalue weighted by Crippen LogP contribution is -2.15. The Morgan fingerprint density at radius 3 is 2.75 bits per heavy atom. The summed E-state index contributed by atoms with van der Waals surface area (Å²) in [5, 5.41) is 14.0. The van der Waals surface area contributed by atoms with Gasteiger partial charge >= 0.3 is 5.97 Å². The molecule has 0 radical (unpaired) electrons. The van der Waals surface area contributed by atoms with Crippen molar-refractivity contribution in [1.82, 2.24) is 10.2 Å². The van der Waals surface area contributed by atoms with Crippen LogP contribution in [0.5, 0.6) is 0 Å². The largest absolute Gasteiger partial charge is 0.465 e. The molecule has 0 fully saturated rings. The molecule has 0 atom stereocenters. The molecule has 0 saturated carbocycles. The van der Waals surface area contributed by atoms with Crippen LogP contribution in [0.2, 0.25) is 0 Å². The lowest BCUT2D eigenvalue weighted by atomic mass is 9.97. The van der Waals surface area contributed by atoms with E-state index in [9.17, 15) is 9.59 Å². The second kappa shape index (κ2) is 9.64. The van der Waals surface area contributed by atoms with Crippen LogP contribution in [0.15, 0.2) is 48.0 Å². The number of ether oxygens (including phenoxy) is 1. The van der Waals surface area contributed by atoms with Crippen LogP contribution in [0.3, 0.4) is 0 Å². The Morgan fingerprint density at radius 1 is 1.14 bits per heavy atom. The number of allylic oxidation sites excluding steroid dienone is 1. The third kappa shape index (κ3) is 5.39. The number of hydrogen-bond donors (Lipinski definition) is 2. The molecule has 1 aromatic heterocycles. The van der Waals surface area contributed by atoms with Gasteiger partial charge in [0.25, 0.3) is 5.91 Å². The number of hydrogen-bond acceptors (Lipinski definition) is 6. The molecule has 0 unspecified atom stereocenters. The number of carbonyl (C=O) groups is 2. The zero-order valence-corrected chi connectivity index (χ0v) is 15.9. The summed E-state index contributed by atoms with van der Waals surface area (Å²) in [4.78, 5) is 23.9. The van der Waals surface area contributed by atoms with Crippen molar-refractivity contribution in [3.05, 3.63) is 59.3 Å². The Hall–Kier alpha value is -3.22. The van der Waals surface area contributed by atoms with Gasteiger partial charge in [0.2, 0.25) is 0 Å². The zero-order chi connectivity index (χ0) is 19.8. The minimum atomic E-state index is -0.463. The minimum Gasteiger partial charge on any atom is -0.465 e. The molecule has 0 bridgehead atoms. The van der Waals surface area contributed by atoms with Crippen molar-refractivity contribution >= 4 is 23.4 Å². The standard InChI is InChI=1S/C21H24N4O3/c1-28-21(27)16-8-5-9-17(14-16)23-20(26)18-10-11-19(25-24-18)22-13-12-15-6-3-2-4-7-15/h5-6,8-11,14H,2-4,7,12-13H2,1H3,(H,22,25)(H,23,26). The van der Waals surface area contributed by atoms with Gasteiger partial charge in [-0.2, -0.15) is 0 Å². The van der Waals surface area contributed by atoms with E-state index in [1.54, 1.807) is 36.4 Å². The highest BCUT2D eigenvalue weighted by molar-refractivity contribution is 6.03. The van der Waals surface area contributed by atoms with E-state index >= 15 is 0 Å². The smallest absolute Gasteiger partial charge is 0.337 e. The van der Waals surface area contributed by atoms with E-state index in [0.29, 0.717) is 17.1 Å². The summed E-state index contributed by atoms with van der Waals surface area (Å²) >= 11 is 0. The van der Waals surface area contributed by atoms with Crippen LogP contribution >= 0.6 is 0 Å². The highest BCUT2D eigenvalue weighted by atomic mass is 16.5. The fraction of sp³-hybridized carbons (Fsp3) is 0.333. The van der Waals surface area contributed by atoms with Gasteiger partial charge in [-0.1, -0.05) is 17.7 Å². The van der Waals surface area contributed by atoms with E-state index in [-0.39, 0.29) is 5.69 Å². The quantitative estimate of drug-likeness (QED) is 0.560. The molecule has 1 aliphatic carbocycles. The average Bonchev–Trinajstić information content (AvgIpc) is 2.74. The summed E-state index contributed by atoms with van der Waals surface area (Å²) < 4.78 is 4.68. The molecule has 0 aliphatic heterocycles. The molecule has 3 rings (SSSR count). The predicted molar refractivity (Wildman–Crippen MR) is 107 cm³/mol. The maximum absolute atomic E-state index is 12.3. The van der Waals surface area contributed by atoms with Gasteiger partial charge in [-0.15, -0.1) is 10.2 Å². The number of benzene rings is 1. The molecule has 2 aromatic rings. The number of anilines is 2. The predicted octanol–water partition coefficient (Wildman–Crippen LogP) is 3.82. The van der Waals surface area contributed by atoms with E-state index in [1.807, 2.05) is 0 Å². The Labute approximate surface area is 164 Å². The third-order valence-electron chi connectivity index (χ3n) is 4.58. The fourth-order valence-electron chi connectivity index (χ4n) is 3.07. The van der Waals surface area contributed by atoms with Crippen molar-refractivity contribution in [2.45, 2.75) is 32.1 Å². The molecule has 146 valence electrons.